The predicted octanol–water partition coefficient (Wildman–Crippen LogP) is 0.749. The van der Waals surface area contributed by atoms with E-state index in [9.17, 15) is 4.79 Å². The zero-order valence-electron chi connectivity index (χ0n) is 10.2. The maximum atomic E-state index is 10.8. The third-order valence-electron chi connectivity index (χ3n) is 3.25. The highest BCUT2D eigenvalue weighted by Gasteiger charge is 2.20. The van der Waals surface area contributed by atoms with Gasteiger partial charge in [0, 0.05) is 32.6 Å². The molecule has 2 N–H and O–H groups in total. The highest BCUT2D eigenvalue weighted by molar-refractivity contribution is 5.72. The van der Waals surface area contributed by atoms with Gasteiger partial charge >= 0.3 is 0 Å². The average Bonchev–Trinajstić information content (AvgIpc) is 2.29. The van der Waals surface area contributed by atoms with Crippen LogP contribution in [0.5, 0.6) is 0 Å². The van der Waals surface area contributed by atoms with Gasteiger partial charge < -0.3 is 10.4 Å². The Balaban J connectivity index is 2.30. The first-order valence-electron chi connectivity index (χ1n) is 6.33. The molecule has 0 aliphatic heterocycles. The summed E-state index contributed by atoms with van der Waals surface area (Å²) in [6.07, 6.45) is 6.41. The van der Waals surface area contributed by atoms with Crippen molar-refractivity contribution in [1.29, 1.82) is 0 Å². The maximum absolute atomic E-state index is 10.8. The number of nitrogens with one attached hydrogen (secondary N) is 1. The number of hydrogen-bond acceptors (Lipinski definition) is 3. The van der Waals surface area contributed by atoms with E-state index in [0.29, 0.717) is 12.6 Å². The van der Waals surface area contributed by atoms with Gasteiger partial charge in [-0.3, -0.25) is 9.69 Å². The van der Waals surface area contributed by atoms with E-state index in [-0.39, 0.29) is 12.5 Å². The lowest BCUT2D eigenvalue weighted by Gasteiger charge is -2.33. The minimum absolute atomic E-state index is 0.0209. The summed E-state index contributed by atoms with van der Waals surface area (Å²) < 4.78 is 0. The summed E-state index contributed by atoms with van der Waals surface area (Å²) in [6, 6.07) is 0.606. The van der Waals surface area contributed by atoms with E-state index in [2.05, 4.69) is 10.2 Å². The second-order valence-corrected chi connectivity index (χ2v) is 4.53. The van der Waals surface area contributed by atoms with Crippen LogP contribution in [-0.2, 0) is 4.79 Å². The lowest BCUT2D eigenvalue weighted by atomic mass is 9.94. The van der Waals surface area contributed by atoms with Crippen molar-refractivity contribution in [3.05, 3.63) is 0 Å². The van der Waals surface area contributed by atoms with Gasteiger partial charge in [0.1, 0.15) is 0 Å². The molecule has 4 heteroatoms. The molecular weight excluding hydrogens is 204 g/mol. The summed E-state index contributed by atoms with van der Waals surface area (Å²) in [5, 5.41) is 11.9. The van der Waals surface area contributed by atoms with E-state index in [1.54, 1.807) is 0 Å². The first-order valence-corrected chi connectivity index (χ1v) is 6.33. The molecule has 1 aliphatic rings. The van der Waals surface area contributed by atoms with Gasteiger partial charge in [0.25, 0.3) is 0 Å². The fraction of sp³-hybridized carbons (Fsp3) is 0.917. The number of hydrogen-bond donors (Lipinski definition) is 2. The fourth-order valence-corrected chi connectivity index (χ4v) is 2.43. The SMILES string of the molecule is CC(=O)NCCN(CCO)C1CCCCC1. The Morgan fingerprint density at radius 1 is 1.31 bits per heavy atom. The van der Waals surface area contributed by atoms with Crippen LogP contribution in [0.4, 0.5) is 0 Å². The van der Waals surface area contributed by atoms with Crippen molar-refractivity contribution in [3.63, 3.8) is 0 Å². The predicted molar refractivity (Wildman–Crippen MR) is 64.2 cm³/mol. The number of aliphatic hydroxyl groups excluding tert-OH is 1. The molecule has 0 unspecified atom stereocenters. The molecule has 0 heterocycles. The standard InChI is InChI=1S/C12H24N2O2/c1-11(16)13-7-8-14(9-10-15)12-5-3-2-4-6-12/h12,15H,2-10H2,1H3,(H,13,16). The Labute approximate surface area is 98.0 Å². The first kappa shape index (κ1) is 13.5. The van der Waals surface area contributed by atoms with E-state index in [4.69, 9.17) is 5.11 Å². The number of carbonyl (C=O) groups is 1. The summed E-state index contributed by atoms with van der Waals surface area (Å²) in [7, 11) is 0. The van der Waals surface area contributed by atoms with Gasteiger partial charge in [-0.15, -0.1) is 0 Å². The number of rotatable bonds is 6. The van der Waals surface area contributed by atoms with Gasteiger partial charge in [0.2, 0.25) is 5.91 Å². The van der Waals surface area contributed by atoms with Crippen molar-refractivity contribution in [1.82, 2.24) is 10.2 Å². The van der Waals surface area contributed by atoms with E-state index in [0.717, 1.165) is 13.1 Å². The summed E-state index contributed by atoms with van der Waals surface area (Å²) in [5.74, 6) is 0.0209. The topological polar surface area (TPSA) is 52.6 Å². The quantitative estimate of drug-likeness (QED) is 0.705. The Bertz CT molecular complexity index is 203. The van der Waals surface area contributed by atoms with Gasteiger partial charge in [-0.1, -0.05) is 19.3 Å². The van der Waals surface area contributed by atoms with Crippen molar-refractivity contribution >= 4 is 5.91 Å². The molecule has 16 heavy (non-hydrogen) atoms. The Kier molecular flexibility index (Phi) is 6.42. The second-order valence-electron chi connectivity index (χ2n) is 4.53. The van der Waals surface area contributed by atoms with Gasteiger partial charge in [0.15, 0.2) is 0 Å². The third kappa shape index (κ3) is 4.94. The van der Waals surface area contributed by atoms with Crippen molar-refractivity contribution < 1.29 is 9.90 Å². The molecule has 1 amide bonds. The number of nitrogens with zero attached hydrogens (tertiary/aromatic N) is 1. The van der Waals surface area contributed by atoms with Gasteiger partial charge in [-0.25, -0.2) is 0 Å². The maximum Gasteiger partial charge on any atom is 0.216 e. The van der Waals surface area contributed by atoms with Crippen LogP contribution in [0.2, 0.25) is 0 Å². The van der Waals surface area contributed by atoms with E-state index in [1.165, 1.54) is 39.0 Å². The van der Waals surface area contributed by atoms with Crippen molar-refractivity contribution in [2.45, 2.75) is 45.1 Å². The molecule has 4 nitrogen and oxygen atoms in total. The van der Waals surface area contributed by atoms with Gasteiger partial charge in [-0.05, 0) is 12.8 Å². The Morgan fingerprint density at radius 2 is 2.00 bits per heavy atom. The summed E-state index contributed by atoms with van der Waals surface area (Å²) in [4.78, 5) is 13.1. The Morgan fingerprint density at radius 3 is 2.56 bits per heavy atom. The van der Waals surface area contributed by atoms with Crippen LogP contribution >= 0.6 is 0 Å². The van der Waals surface area contributed by atoms with Crippen LogP contribution in [0.1, 0.15) is 39.0 Å². The lowest BCUT2D eigenvalue weighted by Crippen LogP contribution is -2.43. The molecule has 0 saturated heterocycles. The van der Waals surface area contributed by atoms with Crippen molar-refractivity contribution in [3.8, 4) is 0 Å². The molecular formula is C12H24N2O2. The van der Waals surface area contributed by atoms with Crippen molar-refractivity contribution in [2.75, 3.05) is 26.2 Å². The number of amides is 1. The zero-order chi connectivity index (χ0) is 11.8. The molecule has 1 saturated carbocycles. The fourth-order valence-electron chi connectivity index (χ4n) is 2.43. The minimum atomic E-state index is 0.0209. The van der Waals surface area contributed by atoms with E-state index in [1.807, 2.05) is 0 Å². The summed E-state index contributed by atoms with van der Waals surface area (Å²) in [5.41, 5.74) is 0. The molecule has 0 radical (unpaired) electrons. The van der Waals surface area contributed by atoms with Crippen LogP contribution in [0, 0.1) is 0 Å². The monoisotopic (exact) mass is 228 g/mol. The molecule has 0 aromatic carbocycles. The van der Waals surface area contributed by atoms with E-state index < -0.39 is 0 Å². The Hall–Kier alpha value is -0.610. The largest absolute Gasteiger partial charge is 0.395 e. The smallest absolute Gasteiger partial charge is 0.216 e. The van der Waals surface area contributed by atoms with Gasteiger partial charge in [0.05, 0.1) is 6.61 Å². The third-order valence-corrected chi connectivity index (χ3v) is 3.25. The lowest BCUT2D eigenvalue weighted by molar-refractivity contribution is -0.119. The summed E-state index contributed by atoms with van der Waals surface area (Å²) in [6.45, 7) is 4.01. The molecule has 94 valence electrons. The van der Waals surface area contributed by atoms with Crippen LogP contribution in [0.3, 0.4) is 0 Å². The molecule has 0 aromatic rings. The molecule has 1 fully saturated rings. The van der Waals surface area contributed by atoms with E-state index >= 15 is 0 Å². The van der Waals surface area contributed by atoms with Crippen LogP contribution in [-0.4, -0.2) is 48.2 Å². The molecule has 0 aromatic heterocycles. The summed E-state index contributed by atoms with van der Waals surface area (Å²) >= 11 is 0. The number of carbonyl (C=O) groups excluding carboxylic acids is 1. The first-order chi connectivity index (χ1) is 7.74. The molecule has 1 rings (SSSR count). The van der Waals surface area contributed by atoms with Gasteiger partial charge in [-0.2, -0.15) is 0 Å². The van der Waals surface area contributed by atoms with Crippen LogP contribution < -0.4 is 5.32 Å². The molecule has 0 bridgehead atoms. The molecule has 0 atom stereocenters. The highest BCUT2D eigenvalue weighted by atomic mass is 16.3. The zero-order valence-corrected chi connectivity index (χ0v) is 10.2. The average molecular weight is 228 g/mol. The molecule has 0 spiro atoms. The highest BCUT2D eigenvalue weighted by Crippen LogP contribution is 2.21. The van der Waals surface area contributed by atoms with Crippen LogP contribution in [0.25, 0.3) is 0 Å². The normalized spacial score (nSPS) is 17.7. The van der Waals surface area contributed by atoms with Crippen LogP contribution in [0.15, 0.2) is 0 Å². The second kappa shape index (κ2) is 7.63. The minimum Gasteiger partial charge on any atom is -0.395 e. The van der Waals surface area contributed by atoms with Crippen molar-refractivity contribution in [2.24, 2.45) is 0 Å². The number of aliphatic hydroxyl groups is 1. The molecule has 1 aliphatic carbocycles.